The number of piperidine rings is 1. The minimum atomic E-state index is -0.122. The molecule has 29 heavy (non-hydrogen) atoms. The number of nitrogens with one attached hydrogen (secondary N) is 1. The Balaban J connectivity index is 1.35. The van der Waals surface area contributed by atoms with Crippen molar-refractivity contribution < 1.29 is 9.18 Å². The van der Waals surface area contributed by atoms with Crippen LogP contribution in [0.4, 0.5) is 10.1 Å². The number of aromatic nitrogens is 2. The molecule has 0 saturated carbocycles. The number of amides is 1. The molecular formula is C23H23FN4O. The third-order valence-electron chi connectivity index (χ3n) is 6.30. The zero-order chi connectivity index (χ0) is 20.0. The van der Waals surface area contributed by atoms with Gasteiger partial charge in [-0.25, -0.2) is 9.37 Å². The number of benzene rings is 2. The van der Waals surface area contributed by atoms with Crippen molar-refractivity contribution in [1.29, 1.82) is 0 Å². The first kappa shape index (κ1) is 17.9. The predicted octanol–water partition coefficient (Wildman–Crippen LogP) is 3.87. The highest BCUT2D eigenvalue weighted by Gasteiger charge is 2.37. The fourth-order valence-corrected chi connectivity index (χ4v) is 4.84. The molecule has 5 nitrogen and oxygen atoms in total. The molecular weight excluding hydrogens is 367 g/mol. The summed E-state index contributed by atoms with van der Waals surface area (Å²) >= 11 is 0. The van der Waals surface area contributed by atoms with Gasteiger partial charge in [-0.1, -0.05) is 12.1 Å². The molecule has 2 aliphatic heterocycles. The van der Waals surface area contributed by atoms with Gasteiger partial charge in [-0.2, -0.15) is 0 Å². The summed E-state index contributed by atoms with van der Waals surface area (Å²) in [5, 5.41) is 2.65. The van der Waals surface area contributed by atoms with Gasteiger partial charge in [0.05, 0.1) is 24.3 Å². The number of anilines is 1. The van der Waals surface area contributed by atoms with Crippen LogP contribution in [0.2, 0.25) is 0 Å². The Morgan fingerprint density at radius 2 is 1.90 bits per heavy atom. The van der Waals surface area contributed by atoms with E-state index in [1.54, 1.807) is 19.2 Å². The van der Waals surface area contributed by atoms with E-state index in [0.717, 1.165) is 48.4 Å². The Bertz CT molecular complexity index is 1050. The maximum atomic E-state index is 14.7. The van der Waals surface area contributed by atoms with Crippen LogP contribution >= 0.6 is 0 Å². The topological polar surface area (TPSA) is 50.2 Å². The largest absolute Gasteiger partial charge is 0.372 e. The first-order chi connectivity index (χ1) is 14.2. The number of hydrogen-bond donors (Lipinski definition) is 1. The van der Waals surface area contributed by atoms with Crippen molar-refractivity contribution in [3.05, 3.63) is 71.9 Å². The van der Waals surface area contributed by atoms with E-state index in [4.69, 9.17) is 0 Å². The molecule has 0 aliphatic carbocycles. The number of nitrogens with zero attached hydrogens (tertiary/aromatic N) is 3. The number of halogens is 1. The molecule has 1 amide bonds. The second kappa shape index (κ2) is 7.03. The third kappa shape index (κ3) is 2.90. The van der Waals surface area contributed by atoms with E-state index < -0.39 is 0 Å². The van der Waals surface area contributed by atoms with Gasteiger partial charge in [-0.05, 0) is 49.1 Å². The van der Waals surface area contributed by atoms with E-state index in [1.165, 1.54) is 0 Å². The Labute approximate surface area is 169 Å². The Morgan fingerprint density at radius 3 is 2.62 bits per heavy atom. The van der Waals surface area contributed by atoms with Crippen LogP contribution in [0.5, 0.6) is 0 Å². The fraction of sp³-hybridized carbons (Fsp3) is 0.304. The van der Waals surface area contributed by atoms with E-state index in [9.17, 15) is 9.18 Å². The number of carbonyl (C=O) groups is 1. The number of fused-ring (bicyclic) bond motifs is 3. The second-order valence-electron chi connectivity index (χ2n) is 7.78. The molecule has 1 aromatic heterocycles. The summed E-state index contributed by atoms with van der Waals surface area (Å²) in [7, 11) is 1.64. The molecule has 1 N–H and O–H groups in total. The highest BCUT2D eigenvalue weighted by atomic mass is 19.1. The standard InChI is InChI=1S/C23H23FN4O/c1-25-23(29)16-5-7-17(8-6-16)27-11-9-15(10-12-27)22-21-18(3-2-4-19(21)24)20-13-26-14-28(20)22/h2-8,13-15,22H,9-12H2,1H3,(H,25,29). The lowest BCUT2D eigenvalue weighted by molar-refractivity contribution is 0.0963. The van der Waals surface area contributed by atoms with Gasteiger partial charge in [0.1, 0.15) is 5.82 Å². The van der Waals surface area contributed by atoms with Gasteiger partial charge in [-0.15, -0.1) is 0 Å². The average molecular weight is 390 g/mol. The predicted molar refractivity (Wildman–Crippen MR) is 111 cm³/mol. The molecule has 2 aromatic carbocycles. The van der Waals surface area contributed by atoms with Crippen LogP contribution in [0.15, 0.2) is 55.0 Å². The molecule has 5 rings (SSSR count). The van der Waals surface area contributed by atoms with Gasteiger partial charge in [0.2, 0.25) is 0 Å². The monoisotopic (exact) mass is 390 g/mol. The van der Waals surface area contributed by atoms with Crippen molar-refractivity contribution >= 4 is 11.6 Å². The maximum Gasteiger partial charge on any atom is 0.251 e. The highest BCUT2D eigenvalue weighted by molar-refractivity contribution is 5.94. The number of imidazole rings is 1. The molecule has 3 heterocycles. The minimum Gasteiger partial charge on any atom is -0.372 e. The minimum absolute atomic E-state index is 0.0153. The van der Waals surface area contributed by atoms with Gasteiger partial charge in [0.25, 0.3) is 5.91 Å². The summed E-state index contributed by atoms with van der Waals surface area (Å²) in [6.07, 6.45) is 5.63. The van der Waals surface area contributed by atoms with Crippen molar-refractivity contribution in [3.63, 3.8) is 0 Å². The molecule has 1 saturated heterocycles. The second-order valence-corrected chi connectivity index (χ2v) is 7.78. The molecule has 0 bridgehead atoms. The van der Waals surface area contributed by atoms with Crippen LogP contribution in [-0.4, -0.2) is 35.6 Å². The highest BCUT2D eigenvalue weighted by Crippen LogP contribution is 2.46. The molecule has 6 heteroatoms. The fourth-order valence-electron chi connectivity index (χ4n) is 4.84. The van der Waals surface area contributed by atoms with Crippen molar-refractivity contribution in [1.82, 2.24) is 14.9 Å². The third-order valence-corrected chi connectivity index (χ3v) is 6.30. The molecule has 1 atom stereocenters. The number of hydrogen-bond acceptors (Lipinski definition) is 3. The first-order valence-corrected chi connectivity index (χ1v) is 10.0. The van der Waals surface area contributed by atoms with Crippen molar-refractivity contribution in [2.75, 3.05) is 25.0 Å². The van der Waals surface area contributed by atoms with Gasteiger partial charge in [0, 0.05) is 42.5 Å². The van der Waals surface area contributed by atoms with Gasteiger partial charge in [0.15, 0.2) is 0 Å². The summed E-state index contributed by atoms with van der Waals surface area (Å²) in [6.45, 7) is 1.82. The van der Waals surface area contributed by atoms with E-state index in [2.05, 4.69) is 19.8 Å². The Hall–Kier alpha value is -3.15. The van der Waals surface area contributed by atoms with Crippen molar-refractivity contribution in [2.24, 2.45) is 5.92 Å². The van der Waals surface area contributed by atoms with E-state index in [0.29, 0.717) is 11.5 Å². The summed E-state index contributed by atoms with van der Waals surface area (Å²) in [5.41, 5.74) is 4.59. The van der Waals surface area contributed by atoms with Crippen LogP contribution in [0.25, 0.3) is 11.3 Å². The van der Waals surface area contributed by atoms with E-state index in [1.807, 2.05) is 42.9 Å². The van der Waals surface area contributed by atoms with Crippen LogP contribution in [0.1, 0.15) is 34.8 Å². The lowest BCUT2D eigenvalue weighted by Crippen LogP contribution is -2.36. The zero-order valence-corrected chi connectivity index (χ0v) is 16.3. The average Bonchev–Trinajstić information content (AvgIpc) is 3.35. The van der Waals surface area contributed by atoms with Crippen molar-refractivity contribution in [3.8, 4) is 11.3 Å². The first-order valence-electron chi connectivity index (χ1n) is 10.0. The summed E-state index contributed by atoms with van der Waals surface area (Å²) < 4.78 is 16.9. The Kier molecular flexibility index (Phi) is 4.34. The Morgan fingerprint density at radius 1 is 1.14 bits per heavy atom. The van der Waals surface area contributed by atoms with Crippen LogP contribution < -0.4 is 10.2 Å². The van der Waals surface area contributed by atoms with Crippen LogP contribution in [0, 0.1) is 11.7 Å². The van der Waals surface area contributed by atoms with Gasteiger partial charge < -0.3 is 14.8 Å². The van der Waals surface area contributed by atoms with E-state index >= 15 is 0 Å². The summed E-state index contributed by atoms with van der Waals surface area (Å²) in [6, 6.07) is 13.1. The quantitative estimate of drug-likeness (QED) is 0.739. The smallest absolute Gasteiger partial charge is 0.251 e. The molecule has 0 radical (unpaired) electrons. The molecule has 0 spiro atoms. The molecule has 3 aromatic rings. The normalized spacial score (nSPS) is 18.4. The summed E-state index contributed by atoms with van der Waals surface area (Å²) in [4.78, 5) is 18.4. The summed E-state index contributed by atoms with van der Waals surface area (Å²) in [5.74, 6) is 0.166. The van der Waals surface area contributed by atoms with Crippen LogP contribution in [0.3, 0.4) is 0 Å². The maximum absolute atomic E-state index is 14.7. The molecule has 2 aliphatic rings. The number of rotatable bonds is 3. The van der Waals surface area contributed by atoms with Gasteiger partial charge in [-0.3, -0.25) is 4.79 Å². The van der Waals surface area contributed by atoms with Gasteiger partial charge >= 0.3 is 0 Å². The molecule has 148 valence electrons. The van der Waals surface area contributed by atoms with Crippen molar-refractivity contribution in [2.45, 2.75) is 18.9 Å². The zero-order valence-electron chi connectivity index (χ0n) is 16.3. The lowest BCUT2D eigenvalue weighted by Gasteiger charge is -2.37. The lowest BCUT2D eigenvalue weighted by atomic mass is 9.85. The van der Waals surface area contributed by atoms with Crippen LogP contribution in [-0.2, 0) is 0 Å². The SMILES string of the molecule is CNC(=O)c1ccc(N2CCC(C3c4c(F)cccc4-c4cncn43)CC2)cc1. The van der Waals surface area contributed by atoms with E-state index in [-0.39, 0.29) is 17.8 Å². The molecule has 1 unspecified atom stereocenters. The number of carbonyl (C=O) groups excluding carboxylic acids is 1. The molecule has 1 fully saturated rings.